The first kappa shape index (κ1) is 11.3. The molecule has 4 heteroatoms. The number of hydrogen-bond acceptors (Lipinski definition) is 3. The van der Waals surface area contributed by atoms with Crippen molar-refractivity contribution in [2.45, 2.75) is 12.5 Å². The van der Waals surface area contributed by atoms with Gasteiger partial charge in [-0.2, -0.15) is 0 Å². The summed E-state index contributed by atoms with van der Waals surface area (Å²) >= 11 is 6.11. The molecule has 1 aromatic rings. The fraction of sp³-hybridized carbons (Fsp3) is 0.538. The Bertz CT molecular complexity index is 404. The van der Waals surface area contributed by atoms with Crippen LogP contribution in [0.3, 0.4) is 0 Å². The van der Waals surface area contributed by atoms with E-state index in [1.165, 1.54) is 11.3 Å². The fourth-order valence-corrected chi connectivity index (χ4v) is 2.92. The van der Waals surface area contributed by atoms with Crippen LogP contribution in [0.1, 0.15) is 18.0 Å². The van der Waals surface area contributed by atoms with Crippen molar-refractivity contribution < 1.29 is 4.74 Å². The summed E-state index contributed by atoms with van der Waals surface area (Å²) in [4.78, 5) is 2.51. The molecule has 0 aliphatic carbocycles. The minimum absolute atomic E-state index is 0.494. The third-order valence-electron chi connectivity index (χ3n) is 3.59. The number of anilines is 1. The molecule has 1 saturated heterocycles. The topological polar surface area (TPSA) is 24.5 Å². The molecule has 1 atom stereocenters. The first-order valence-electron chi connectivity index (χ1n) is 6.20. The van der Waals surface area contributed by atoms with E-state index in [4.69, 9.17) is 16.3 Å². The molecule has 92 valence electrons. The maximum absolute atomic E-state index is 6.11. The summed E-state index contributed by atoms with van der Waals surface area (Å²) in [7, 11) is 0. The first-order valence-corrected chi connectivity index (χ1v) is 6.57. The zero-order chi connectivity index (χ0) is 11.7. The summed E-state index contributed by atoms with van der Waals surface area (Å²) in [5.41, 5.74) is 2.57. The van der Waals surface area contributed by atoms with E-state index in [1.54, 1.807) is 0 Å². The summed E-state index contributed by atoms with van der Waals surface area (Å²) in [5, 5.41) is 4.27. The smallest absolute Gasteiger partial charge is 0.0594 e. The highest BCUT2D eigenvalue weighted by Gasteiger charge is 2.27. The van der Waals surface area contributed by atoms with Gasteiger partial charge >= 0.3 is 0 Å². The normalized spacial score (nSPS) is 25.1. The maximum Gasteiger partial charge on any atom is 0.0594 e. The number of nitrogens with zero attached hydrogens (tertiary/aromatic N) is 1. The molecule has 1 fully saturated rings. The third kappa shape index (κ3) is 2.28. The van der Waals surface area contributed by atoms with Gasteiger partial charge in [0.25, 0.3) is 0 Å². The lowest BCUT2D eigenvalue weighted by atomic mass is 9.96. The van der Waals surface area contributed by atoms with E-state index in [9.17, 15) is 0 Å². The van der Waals surface area contributed by atoms with Gasteiger partial charge in [0, 0.05) is 36.4 Å². The van der Waals surface area contributed by atoms with Gasteiger partial charge in [-0.3, -0.25) is 4.90 Å². The molecular formula is C13H17ClN2O. The van der Waals surface area contributed by atoms with E-state index in [1.807, 2.05) is 6.07 Å². The van der Waals surface area contributed by atoms with Gasteiger partial charge in [0.15, 0.2) is 0 Å². The van der Waals surface area contributed by atoms with Crippen LogP contribution < -0.4 is 5.32 Å². The zero-order valence-electron chi connectivity index (χ0n) is 9.79. The third-order valence-corrected chi connectivity index (χ3v) is 3.83. The average molecular weight is 253 g/mol. The predicted molar refractivity (Wildman–Crippen MR) is 69.7 cm³/mol. The van der Waals surface area contributed by atoms with Crippen LogP contribution in [-0.4, -0.2) is 37.7 Å². The molecule has 0 bridgehead atoms. The summed E-state index contributed by atoms with van der Waals surface area (Å²) in [6, 6.07) is 6.64. The van der Waals surface area contributed by atoms with Gasteiger partial charge < -0.3 is 10.1 Å². The van der Waals surface area contributed by atoms with Crippen LogP contribution in [0.15, 0.2) is 18.2 Å². The van der Waals surface area contributed by atoms with Crippen molar-refractivity contribution in [1.29, 1.82) is 0 Å². The Labute approximate surface area is 107 Å². The van der Waals surface area contributed by atoms with Crippen molar-refractivity contribution in [3.8, 4) is 0 Å². The van der Waals surface area contributed by atoms with Crippen molar-refractivity contribution in [1.82, 2.24) is 4.90 Å². The largest absolute Gasteiger partial charge is 0.385 e. The van der Waals surface area contributed by atoms with Crippen molar-refractivity contribution in [2.24, 2.45) is 0 Å². The Hall–Kier alpha value is -0.770. The molecule has 2 aliphatic rings. The Kier molecular flexibility index (Phi) is 3.23. The first-order chi connectivity index (χ1) is 8.34. The quantitative estimate of drug-likeness (QED) is 0.831. The van der Waals surface area contributed by atoms with Crippen molar-refractivity contribution in [3.05, 3.63) is 28.8 Å². The second kappa shape index (κ2) is 4.84. The number of benzene rings is 1. The Morgan fingerprint density at radius 3 is 2.94 bits per heavy atom. The van der Waals surface area contributed by atoms with E-state index >= 15 is 0 Å². The summed E-state index contributed by atoms with van der Waals surface area (Å²) in [5.74, 6) is 0. The highest BCUT2D eigenvalue weighted by molar-refractivity contribution is 6.30. The summed E-state index contributed by atoms with van der Waals surface area (Å²) < 4.78 is 5.42. The zero-order valence-corrected chi connectivity index (χ0v) is 10.5. The summed E-state index contributed by atoms with van der Waals surface area (Å²) in [6.45, 7) is 4.78. The van der Waals surface area contributed by atoms with E-state index < -0.39 is 0 Å². The molecule has 0 saturated carbocycles. The van der Waals surface area contributed by atoms with Crippen LogP contribution in [0, 0.1) is 0 Å². The van der Waals surface area contributed by atoms with Crippen molar-refractivity contribution in [2.75, 3.05) is 38.2 Å². The molecule has 1 aromatic carbocycles. The molecule has 2 heterocycles. The SMILES string of the molecule is Clc1ccc2c(c1)C(N1CCOCC1)CCN2. The number of ether oxygens (including phenoxy) is 1. The molecule has 17 heavy (non-hydrogen) atoms. The molecule has 0 radical (unpaired) electrons. The number of halogens is 1. The highest BCUT2D eigenvalue weighted by Crippen LogP contribution is 2.36. The molecule has 0 amide bonds. The second-order valence-electron chi connectivity index (χ2n) is 4.61. The van der Waals surface area contributed by atoms with Crippen LogP contribution >= 0.6 is 11.6 Å². The lowest BCUT2D eigenvalue weighted by molar-refractivity contribution is 0.0144. The van der Waals surface area contributed by atoms with Crippen LogP contribution in [0.5, 0.6) is 0 Å². The van der Waals surface area contributed by atoms with Gasteiger partial charge in [-0.05, 0) is 30.2 Å². The van der Waals surface area contributed by atoms with Gasteiger partial charge in [0.1, 0.15) is 0 Å². The number of nitrogens with one attached hydrogen (secondary N) is 1. The minimum atomic E-state index is 0.494. The number of rotatable bonds is 1. The lowest BCUT2D eigenvalue weighted by Crippen LogP contribution is -2.41. The van der Waals surface area contributed by atoms with E-state index in [0.29, 0.717) is 6.04 Å². The van der Waals surface area contributed by atoms with Crippen molar-refractivity contribution >= 4 is 17.3 Å². The van der Waals surface area contributed by atoms with Gasteiger partial charge in [-0.15, -0.1) is 0 Å². The number of hydrogen-bond donors (Lipinski definition) is 1. The lowest BCUT2D eigenvalue weighted by Gasteiger charge is -2.38. The second-order valence-corrected chi connectivity index (χ2v) is 5.05. The summed E-state index contributed by atoms with van der Waals surface area (Å²) in [6.07, 6.45) is 1.15. The van der Waals surface area contributed by atoms with Gasteiger partial charge in [0.2, 0.25) is 0 Å². The average Bonchev–Trinajstić information content (AvgIpc) is 2.39. The molecule has 3 nitrogen and oxygen atoms in total. The molecule has 3 rings (SSSR count). The van der Waals surface area contributed by atoms with Gasteiger partial charge in [-0.25, -0.2) is 0 Å². The number of fused-ring (bicyclic) bond motifs is 1. The van der Waals surface area contributed by atoms with Crippen LogP contribution in [0.25, 0.3) is 0 Å². The van der Waals surface area contributed by atoms with Crippen LogP contribution in [-0.2, 0) is 4.74 Å². The molecule has 1 unspecified atom stereocenters. The maximum atomic E-state index is 6.11. The van der Waals surface area contributed by atoms with Crippen LogP contribution in [0.2, 0.25) is 5.02 Å². The molecule has 1 N–H and O–H groups in total. The Morgan fingerprint density at radius 2 is 2.12 bits per heavy atom. The van der Waals surface area contributed by atoms with Crippen LogP contribution in [0.4, 0.5) is 5.69 Å². The van der Waals surface area contributed by atoms with E-state index in [0.717, 1.165) is 44.3 Å². The standard InChI is InChI=1S/C13H17ClN2O/c14-10-1-2-12-11(9-10)13(3-4-15-12)16-5-7-17-8-6-16/h1-2,9,13,15H,3-8H2. The van der Waals surface area contributed by atoms with Gasteiger partial charge in [0.05, 0.1) is 13.2 Å². The van der Waals surface area contributed by atoms with Gasteiger partial charge in [-0.1, -0.05) is 11.6 Å². The Balaban J connectivity index is 1.89. The predicted octanol–water partition coefficient (Wildman–Crippen LogP) is 2.53. The fourth-order valence-electron chi connectivity index (χ4n) is 2.74. The molecule has 0 spiro atoms. The monoisotopic (exact) mass is 252 g/mol. The molecule has 2 aliphatic heterocycles. The van der Waals surface area contributed by atoms with Crippen molar-refractivity contribution in [3.63, 3.8) is 0 Å². The highest BCUT2D eigenvalue weighted by atomic mass is 35.5. The van der Waals surface area contributed by atoms with E-state index in [-0.39, 0.29) is 0 Å². The molecular weight excluding hydrogens is 236 g/mol. The minimum Gasteiger partial charge on any atom is -0.385 e. The Morgan fingerprint density at radius 1 is 1.29 bits per heavy atom. The molecule has 0 aromatic heterocycles. The number of morpholine rings is 1. The van der Waals surface area contributed by atoms with E-state index in [2.05, 4.69) is 22.3 Å².